The van der Waals surface area contributed by atoms with Crippen molar-refractivity contribution in [2.75, 3.05) is 6.61 Å². The summed E-state index contributed by atoms with van der Waals surface area (Å²) in [6.45, 7) is 6.68. The molecule has 0 rings (SSSR count). The molecule has 0 aromatic heterocycles. The summed E-state index contributed by atoms with van der Waals surface area (Å²) in [5, 5.41) is 1.84. The molecule has 5 nitrogen and oxygen atoms in total. The Labute approximate surface area is 77.4 Å². The highest BCUT2D eigenvalue weighted by molar-refractivity contribution is 7.51. The zero-order valence-electron chi connectivity index (χ0n) is 7.74. The van der Waals surface area contributed by atoms with Crippen LogP contribution in [0.4, 0.5) is 0 Å². The predicted molar refractivity (Wildman–Crippen MR) is 49.0 cm³/mol. The number of nitrogens with one attached hydrogen (secondary N) is 1. The van der Waals surface area contributed by atoms with Crippen LogP contribution < -0.4 is 5.09 Å². The molecule has 0 fully saturated rings. The molecule has 0 aliphatic carbocycles. The Hall–Kier alpha value is -0.640. The van der Waals surface area contributed by atoms with E-state index in [9.17, 15) is 9.36 Å². The smallest absolute Gasteiger partial charge is 0.308 e. The minimum Gasteiger partial charge on any atom is -0.308 e. The molecule has 0 aliphatic rings. The van der Waals surface area contributed by atoms with E-state index in [-0.39, 0.29) is 12.2 Å². The van der Waals surface area contributed by atoms with Gasteiger partial charge < -0.3 is 4.89 Å². The zero-order valence-corrected chi connectivity index (χ0v) is 8.63. The largest absolute Gasteiger partial charge is 0.432 e. The van der Waals surface area contributed by atoms with Crippen LogP contribution in [0.25, 0.3) is 0 Å². The van der Waals surface area contributed by atoms with Crippen LogP contribution in [0.3, 0.4) is 0 Å². The second-order valence-corrected chi connectivity index (χ2v) is 4.10. The first kappa shape index (κ1) is 12.4. The summed E-state index contributed by atoms with van der Waals surface area (Å²) in [5.41, 5.74) is 0.161. The van der Waals surface area contributed by atoms with Gasteiger partial charge in [0.15, 0.2) is 0 Å². The van der Waals surface area contributed by atoms with E-state index in [4.69, 9.17) is 4.89 Å². The van der Waals surface area contributed by atoms with Gasteiger partial charge in [-0.15, -0.1) is 0 Å². The normalized spacial score (nSPS) is 14.7. The lowest BCUT2D eigenvalue weighted by molar-refractivity contribution is -0.116. The monoisotopic (exact) mass is 207 g/mol. The summed E-state index contributed by atoms with van der Waals surface area (Å²) in [6.07, 6.45) is 0.605. The van der Waals surface area contributed by atoms with E-state index in [1.807, 2.05) is 5.09 Å². The van der Waals surface area contributed by atoms with Crippen LogP contribution >= 0.6 is 7.75 Å². The van der Waals surface area contributed by atoms with Crippen LogP contribution in [-0.4, -0.2) is 17.4 Å². The fourth-order valence-corrected chi connectivity index (χ4v) is 1.41. The van der Waals surface area contributed by atoms with Gasteiger partial charge in [-0.05, 0) is 13.3 Å². The van der Waals surface area contributed by atoms with Crippen molar-refractivity contribution in [3.05, 3.63) is 12.2 Å². The van der Waals surface area contributed by atoms with Crippen LogP contribution in [0.5, 0.6) is 0 Å². The maximum Gasteiger partial charge on any atom is 0.432 e. The molecule has 76 valence electrons. The molecule has 0 saturated heterocycles. The highest BCUT2D eigenvalue weighted by atomic mass is 31.2. The molecule has 1 amide bonds. The van der Waals surface area contributed by atoms with E-state index in [1.54, 1.807) is 6.92 Å². The van der Waals surface area contributed by atoms with Crippen LogP contribution in [0.15, 0.2) is 12.2 Å². The van der Waals surface area contributed by atoms with Gasteiger partial charge in [0.05, 0.1) is 6.61 Å². The van der Waals surface area contributed by atoms with E-state index in [2.05, 4.69) is 11.1 Å². The summed E-state index contributed by atoms with van der Waals surface area (Å²) < 4.78 is 15.6. The Morgan fingerprint density at radius 1 is 1.69 bits per heavy atom. The highest BCUT2D eigenvalue weighted by Crippen LogP contribution is 2.36. The Kier molecular flexibility index (Phi) is 4.91. The third-order valence-corrected chi connectivity index (χ3v) is 2.12. The molecule has 0 saturated carbocycles. The number of carbonyl (C=O) groups excluding carboxylic acids is 1. The molecule has 1 unspecified atom stereocenters. The first-order valence-electron chi connectivity index (χ1n) is 3.84. The number of hydrogen-bond acceptors (Lipinski definition) is 3. The first-order chi connectivity index (χ1) is 5.89. The molecule has 0 aromatic carbocycles. The van der Waals surface area contributed by atoms with Crippen LogP contribution in [-0.2, 0) is 13.9 Å². The molecule has 0 aliphatic heterocycles. The zero-order chi connectivity index (χ0) is 10.5. The molecular weight excluding hydrogens is 193 g/mol. The highest BCUT2D eigenvalue weighted by Gasteiger charge is 2.21. The fourth-order valence-electron chi connectivity index (χ4n) is 0.471. The van der Waals surface area contributed by atoms with Crippen LogP contribution in [0, 0.1) is 0 Å². The van der Waals surface area contributed by atoms with E-state index in [0.29, 0.717) is 6.42 Å². The lowest BCUT2D eigenvalue weighted by atomic mass is 10.3. The lowest BCUT2D eigenvalue weighted by Gasteiger charge is -2.12. The van der Waals surface area contributed by atoms with Gasteiger partial charge in [0, 0.05) is 5.57 Å². The number of hydrogen-bond donors (Lipinski definition) is 2. The second-order valence-electron chi connectivity index (χ2n) is 2.57. The van der Waals surface area contributed by atoms with E-state index < -0.39 is 13.7 Å². The third kappa shape index (κ3) is 5.58. The van der Waals surface area contributed by atoms with Gasteiger partial charge in [-0.2, -0.15) is 0 Å². The second kappa shape index (κ2) is 5.17. The van der Waals surface area contributed by atoms with Gasteiger partial charge in [0.2, 0.25) is 0 Å². The maximum absolute atomic E-state index is 11.0. The third-order valence-electron chi connectivity index (χ3n) is 1.10. The summed E-state index contributed by atoms with van der Waals surface area (Å²) >= 11 is 0. The van der Waals surface area contributed by atoms with Gasteiger partial charge in [0.1, 0.15) is 0 Å². The standard InChI is InChI=1S/C7H14NO4P/c1-4-5-12-13(10,11)8-7(9)6(2)3/h2,4-5H2,1,3H3,(H2,8,9,10,11). The Morgan fingerprint density at radius 2 is 2.23 bits per heavy atom. The molecule has 1 atom stereocenters. The Bertz CT molecular complexity index is 251. The van der Waals surface area contributed by atoms with Crippen molar-refractivity contribution >= 4 is 13.7 Å². The molecular formula is C7H14NO4P. The summed E-state index contributed by atoms with van der Waals surface area (Å²) in [6, 6.07) is 0. The van der Waals surface area contributed by atoms with Crippen molar-refractivity contribution in [3.8, 4) is 0 Å². The molecule has 0 radical (unpaired) electrons. The minimum atomic E-state index is -3.98. The molecule has 2 N–H and O–H groups in total. The predicted octanol–water partition coefficient (Wildman–Crippen LogP) is 1.21. The summed E-state index contributed by atoms with van der Waals surface area (Å²) in [5.74, 6) is -0.679. The summed E-state index contributed by atoms with van der Waals surface area (Å²) in [7, 11) is -3.98. The van der Waals surface area contributed by atoms with Gasteiger partial charge in [-0.3, -0.25) is 14.4 Å². The summed E-state index contributed by atoms with van der Waals surface area (Å²) in [4.78, 5) is 19.9. The quantitative estimate of drug-likeness (QED) is 0.524. The van der Waals surface area contributed by atoms with Crippen molar-refractivity contribution in [1.82, 2.24) is 5.09 Å². The van der Waals surface area contributed by atoms with Crippen LogP contribution in [0.1, 0.15) is 20.3 Å². The molecule has 0 heterocycles. The van der Waals surface area contributed by atoms with Crippen molar-refractivity contribution in [1.29, 1.82) is 0 Å². The SMILES string of the molecule is C=C(C)C(=O)NP(=O)(O)OCCC. The fraction of sp³-hybridized carbons (Fsp3) is 0.571. The average Bonchev–Trinajstić information content (AvgIpc) is 2.00. The van der Waals surface area contributed by atoms with Gasteiger partial charge >= 0.3 is 7.75 Å². The topological polar surface area (TPSA) is 75.6 Å². The van der Waals surface area contributed by atoms with E-state index in [1.165, 1.54) is 6.92 Å². The van der Waals surface area contributed by atoms with Crippen molar-refractivity contribution in [3.63, 3.8) is 0 Å². The molecule has 6 heteroatoms. The van der Waals surface area contributed by atoms with Crippen molar-refractivity contribution in [2.45, 2.75) is 20.3 Å². The van der Waals surface area contributed by atoms with Crippen molar-refractivity contribution < 1.29 is 18.8 Å². The van der Waals surface area contributed by atoms with E-state index in [0.717, 1.165) is 0 Å². The van der Waals surface area contributed by atoms with Crippen molar-refractivity contribution in [2.24, 2.45) is 0 Å². The van der Waals surface area contributed by atoms with Gasteiger partial charge in [0.25, 0.3) is 5.91 Å². The number of amides is 1. The lowest BCUT2D eigenvalue weighted by Crippen LogP contribution is -2.21. The molecule has 0 aromatic rings. The maximum atomic E-state index is 11.0. The molecule has 0 bridgehead atoms. The Morgan fingerprint density at radius 3 is 2.62 bits per heavy atom. The molecule has 13 heavy (non-hydrogen) atoms. The minimum absolute atomic E-state index is 0.129. The van der Waals surface area contributed by atoms with E-state index >= 15 is 0 Å². The van der Waals surface area contributed by atoms with Gasteiger partial charge in [-0.25, -0.2) is 4.57 Å². The Balaban J connectivity index is 4.09. The molecule has 0 spiro atoms. The first-order valence-corrected chi connectivity index (χ1v) is 5.42. The average molecular weight is 207 g/mol. The number of carbonyl (C=O) groups is 1. The van der Waals surface area contributed by atoms with Crippen LogP contribution in [0.2, 0.25) is 0 Å². The number of rotatable bonds is 5. The van der Waals surface area contributed by atoms with Gasteiger partial charge in [-0.1, -0.05) is 13.5 Å².